The summed E-state index contributed by atoms with van der Waals surface area (Å²) in [6.45, 7) is 2.23. The minimum Gasteiger partial charge on any atom is -0.333 e. The molecule has 1 aliphatic heterocycles. The molecule has 1 saturated heterocycles. The zero-order valence-corrected chi connectivity index (χ0v) is 13.9. The van der Waals surface area contributed by atoms with E-state index >= 15 is 0 Å². The average Bonchev–Trinajstić information content (AvgIpc) is 2.95. The van der Waals surface area contributed by atoms with E-state index < -0.39 is 5.82 Å². The number of halogens is 1. The lowest BCUT2D eigenvalue weighted by molar-refractivity contribution is -0.117. The Kier molecular flexibility index (Phi) is 4.97. The van der Waals surface area contributed by atoms with E-state index in [2.05, 4.69) is 10.6 Å². The van der Waals surface area contributed by atoms with Crippen LogP contribution >= 0.6 is 0 Å². The molecule has 2 aromatic carbocycles. The standard InChI is InChI=1S/C19H20FN3O2/c1-13(14-6-3-2-4-7-14)21-19(25)22-16-11-18(24)23(12-16)17-9-5-8-15(20)10-17/h2-10,13,16H,11-12H2,1H3,(H2,21,22,25)/t13-,16+/m0/s1. The third-order valence-electron chi connectivity index (χ3n) is 4.23. The third-order valence-corrected chi connectivity index (χ3v) is 4.23. The van der Waals surface area contributed by atoms with E-state index in [0.29, 0.717) is 12.2 Å². The van der Waals surface area contributed by atoms with Gasteiger partial charge < -0.3 is 15.5 Å². The Labute approximate surface area is 145 Å². The SMILES string of the molecule is C[C@H](NC(=O)N[C@@H]1CC(=O)N(c2cccc(F)c2)C1)c1ccccc1. The average molecular weight is 341 g/mol. The fourth-order valence-electron chi connectivity index (χ4n) is 2.95. The van der Waals surface area contributed by atoms with Crippen molar-refractivity contribution in [3.8, 4) is 0 Å². The molecule has 0 aromatic heterocycles. The van der Waals surface area contributed by atoms with Gasteiger partial charge in [-0.2, -0.15) is 0 Å². The van der Waals surface area contributed by atoms with Crippen LogP contribution in [0.3, 0.4) is 0 Å². The van der Waals surface area contributed by atoms with E-state index in [0.717, 1.165) is 5.56 Å². The number of urea groups is 1. The Hall–Kier alpha value is -2.89. The first-order chi connectivity index (χ1) is 12.0. The highest BCUT2D eigenvalue weighted by atomic mass is 19.1. The van der Waals surface area contributed by atoms with E-state index in [1.807, 2.05) is 37.3 Å². The molecular weight excluding hydrogens is 321 g/mol. The van der Waals surface area contributed by atoms with Crippen LogP contribution in [0.2, 0.25) is 0 Å². The van der Waals surface area contributed by atoms with Crippen LogP contribution in [0.15, 0.2) is 54.6 Å². The van der Waals surface area contributed by atoms with Crippen molar-refractivity contribution < 1.29 is 14.0 Å². The van der Waals surface area contributed by atoms with E-state index in [1.54, 1.807) is 12.1 Å². The Morgan fingerprint density at radius 3 is 2.68 bits per heavy atom. The lowest BCUT2D eigenvalue weighted by atomic mass is 10.1. The fraction of sp³-hybridized carbons (Fsp3) is 0.263. The maximum absolute atomic E-state index is 13.3. The first kappa shape index (κ1) is 17.0. The van der Waals surface area contributed by atoms with Crippen molar-refractivity contribution in [2.45, 2.75) is 25.4 Å². The molecule has 130 valence electrons. The van der Waals surface area contributed by atoms with Crippen LogP contribution in [0.4, 0.5) is 14.9 Å². The van der Waals surface area contributed by atoms with Crippen molar-refractivity contribution in [2.75, 3.05) is 11.4 Å². The summed E-state index contributed by atoms with van der Waals surface area (Å²) >= 11 is 0. The molecule has 5 nitrogen and oxygen atoms in total. The molecule has 0 radical (unpaired) electrons. The van der Waals surface area contributed by atoms with Gasteiger partial charge in [0.25, 0.3) is 0 Å². The molecule has 1 heterocycles. The van der Waals surface area contributed by atoms with Gasteiger partial charge in [-0.05, 0) is 30.7 Å². The van der Waals surface area contributed by atoms with Crippen molar-refractivity contribution in [1.29, 1.82) is 0 Å². The summed E-state index contributed by atoms with van der Waals surface area (Å²) < 4.78 is 13.3. The van der Waals surface area contributed by atoms with Gasteiger partial charge in [-0.15, -0.1) is 0 Å². The molecule has 2 N–H and O–H groups in total. The van der Waals surface area contributed by atoms with Gasteiger partial charge in [-0.25, -0.2) is 9.18 Å². The number of rotatable bonds is 4. The molecule has 0 spiro atoms. The molecule has 0 unspecified atom stereocenters. The molecular formula is C19H20FN3O2. The molecule has 0 bridgehead atoms. The van der Waals surface area contributed by atoms with Crippen molar-refractivity contribution in [1.82, 2.24) is 10.6 Å². The van der Waals surface area contributed by atoms with Gasteiger partial charge in [0.05, 0.1) is 12.1 Å². The van der Waals surface area contributed by atoms with Crippen LogP contribution < -0.4 is 15.5 Å². The second-order valence-electron chi connectivity index (χ2n) is 6.14. The van der Waals surface area contributed by atoms with Gasteiger partial charge in [0.1, 0.15) is 5.82 Å². The number of carbonyl (C=O) groups excluding carboxylic acids is 2. The van der Waals surface area contributed by atoms with Gasteiger partial charge in [-0.3, -0.25) is 4.79 Å². The molecule has 25 heavy (non-hydrogen) atoms. The second-order valence-corrected chi connectivity index (χ2v) is 6.14. The van der Waals surface area contributed by atoms with Crippen LogP contribution in [-0.4, -0.2) is 24.5 Å². The lowest BCUT2D eigenvalue weighted by Crippen LogP contribution is -2.44. The minimum absolute atomic E-state index is 0.132. The molecule has 1 aliphatic rings. The number of amides is 3. The molecule has 1 fully saturated rings. The minimum atomic E-state index is -0.392. The normalized spacial score (nSPS) is 18.1. The summed E-state index contributed by atoms with van der Waals surface area (Å²) in [4.78, 5) is 25.8. The van der Waals surface area contributed by atoms with E-state index in [-0.39, 0.29) is 30.4 Å². The molecule has 3 amide bonds. The molecule has 2 atom stereocenters. The number of hydrogen-bond donors (Lipinski definition) is 2. The predicted octanol–water partition coefficient (Wildman–Crippen LogP) is 2.99. The van der Waals surface area contributed by atoms with E-state index in [4.69, 9.17) is 0 Å². The quantitative estimate of drug-likeness (QED) is 0.898. The Morgan fingerprint density at radius 2 is 1.96 bits per heavy atom. The number of hydrogen-bond acceptors (Lipinski definition) is 2. The zero-order valence-electron chi connectivity index (χ0n) is 13.9. The fourth-order valence-corrected chi connectivity index (χ4v) is 2.95. The van der Waals surface area contributed by atoms with Crippen LogP contribution in [0.1, 0.15) is 24.9 Å². The van der Waals surface area contributed by atoms with Gasteiger partial charge in [0.15, 0.2) is 0 Å². The predicted molar refractivity (Wildman–Crippen MR) is 93.7 cm³/mol. The summed E-state index contributed by atoms with van der Waals surface area (Å²) in [6, 6.07) is 14.7. The maximum Gasteiger partial charge on any atom is 0.315 e. The van der Waals surface area contributed by atoms with Gasteiger partial charge in [0.2, 0.25) is 5.91 Å². The number of anilines is 1. The summed E-state index contributed by atoms with van der Waals surface area (Å²) in [5.74, 6) is -0.525. The van der Waals surface area contributed by atoms with Crippen molar-refractivity contribution in [2.24, 2.45) is 0 Å². The molecule has 0 aliphatic carbocycles. The van der Waals surface area contributed by atoms with Crippen LogP contribution in [-0.2, 0) is 4.79 Å². The highest BCUT2D eigenvalue weighted by Crippen LogP contribution is 2.22. The summed E-state index contributed by atoms with van der Waals surface area (Å²) in [5.41, 5.74) is 1.51. The Bertz CT molecular complexity index is 766. The molecule has 2 aromatic rings. The summed E-state index contributed by atoms with van der Waals surface area (Å²) in [5, 5.41) is 5.68. The zero-order chi connectivity index (χ0) is 17.8. The van der Waals surface area contributed by atoms with Crippen molar-refractivity contribution >= 4 is 17.6 Å². The highest BCUT2D eigenvalue weighted by Gasteiger charge is 2.31. The molecule has 6 heteroatoms. The van der Waals surface area contributed by atoms with Crippen molar-refractivity contribution in [3.05, 3.63) is 66.0 Å². The smallest absolute Gasteiger partial charge is 0.315 e. The topological polar surface area (TPSA) is 61.4 Å². The lowest BCUT2D eigenvalue weighted by Gasteiger charge is -2.19. The second kappa shape index (κ2) is 7.34. The van der Waals surface area contributed by atoms with Crippen LogP contribution in [0.5, 0.6) is 0 Å². The van der Waals surface area contributed by atoms with Gasteiger partial charge in [-0.1, -0.05) is 36.4 Å². The number of carbonyl (C=O) groups is 2. The van der Waals surface area contributed by atoms with E-state index in [1.165, 1.54) is 17.0 Å². The van der Waals surface area contributed by atoms with Crippen LogP contribution in [0.25, 0.3) is 0 Å². The number of nitrogens with zero attached hydrogens (tertiary/aromatic N) is 1. The molecule has 3 rings (SSSR count). The maximum atomic E-state index is 13.3. The highest BCUT2D eigenvalue weighted by molar-refractivity contribution is 5.96. The van der Waals surface area contributed by atoms with E-state index in [9.17, 15) is 14.0 Å². The first-order valence-electron chi connectivity index (χ1n) is 8.21. The summed E-state index contributed by atoms with van der Waals surface area (Å²) in [7, 11) is 0. The Morgan fingerprint density at radius 1 is 1.20 bits per heavy atom. The summed E-state index contributed by atoms with van der Waals surface area (Å²) in [6.07, 6.45) is 0.198. The van der Waals surface area contributed by atoms with Gasteiger partial charge in [0, 0.05) is 18.7 Å². The Balaban J connectivity index is 1.57. The van der Waals surface area contributed by atoms with Crippen molar-refractivity contribution in [3.63, 3.8) is 0 Å². The largest absolute Gasteiger partial charge is 0.333 e. The first-order valence-corrected chi connectivity index (χ1v) is 8.21. The third kappa shape index (κ3) is 4.15. The molecule has 0 saturated carbocycles. The number of benzene rings is 2. The monoisotopic (exact) mass is 341 g/mol. The van der Waals surface area contributed by atoms with Gasteiger partial charge >= 0.3 is 6.03 Å². The van der Waals surface area contributed by atoms with Crippen LogP contribution in [0, 0.1) is 5.82 Å². The number of nitrogens with one attached hydrogen (secondary N) is 2.